The number of carbonyl (C=O) groups is 3. The molecule has 1 aliphatic heterocycles. The lowest BCUT2D eigenvalue weighted by atomic mass is 9.43. The molecule has 0 spiro atoms. The van der Waals surface area contributed by atoms with Gasteiger partial charge in [-0.3, -0.25) is 14.4 Å². The van der Waals surface area contributed by atoms with Crippen molar-refractivity contribution in [3.63, 3.8) is 0 Å². The third-order valence-corrected chi connectivity index (χ3v) is 8.74. The van der Waals surface area contributed by atoms with Crippen LogP contribution < -0.4 is 27.5 Å². The molecule has 40 heavy (non-hydrogen) atoms. The quantitative estimate of drug-likeness (QED) is 0.0492. The molecule has 0 radical (unpaired) electrons. The van der Waals surface area contributed by atoms with Crippen LogP contribution in [0.5, 0.6) is 0 Å². The van der Waals surface area contributed by atoms with Crippen LogP contribution in [-0.4, -0.2) is 66.1 Å². The summed E-state index contributed by atoms with van der Waals surface area (Å²) in [5.74, 6) is -1.15. The molecule has 4 rings (SSSR count). The Bertz CT molecular complexity index is 1010. The first-order valence-electron chi connectivity index (χ1n) is 14.1. The largest absolute Gasteiger partial charge is 0.481 e. The lowest BCUT2D eigenvalue weighted by Crippen LogP contribution is -2.65. The van der Waals surface area contributed by atoms with Crippen LogP contribution >= 0.6 is 0 Å². The van der Waals surface area contributed by atoms with Crippen molar-refractivity contribution in [3.05, 3.63) is 10.1 Å². The first-order valence-corrected chi connectivity index (χ1v) is 14.1. The first-order chi connectivity index (χ1) is 18.6. The molecular weight excluding hydrogens is 521 g/mol. The summed E-state index contributed by atoms with van der Waals surface area (Å²) in [6.45, 7) is 10.9. The predicted octanol–water partition coefficient (Wildman–Crippen LogP) is 0.411. The number of nitrogens with zero attached hydrogens (tertiary/aromatic N) is 2. The summed E-state index contributed by atoms with van der Waals surface area (Å²) in [6.07, 6.45) is 2.78. The van der Waals surface area contributed by atoms with Crippen LogP contribution in [-0.2, 0) is 23.7 Å². The number of carbonyl (C=O) groups excluding carboxylic acids is 3. The number of guanidine groups is 1. The molecule has 14 nitrogen and oxygen atoms in total. The van der Waals surface area contributed by atoms with E-state index in [-0.39, 0.29) is 49.2 Å². The molecule has 0 unspecified atom stereocenters. The highest BCUT2D eigenvalue weighted by Crippen LogP contribution is 2.65. The van der Waals surface area contributed by atoms with E-state index in [1.165, 1.54) is 0 Å². The van der Waals surface area contributed by atoms with Gasteiger partial charge < -0.3 is 31.4 Å². The minimum atomic E-state index is -0.944. The molecular formula is C25H44BN7O7. The summed E-state index contributed by atoms with van der Waals surface area (Å²) < 4.78 is 13.1. The lowest BCUT2D eigenvalue weighted by molar-refractivity contribution is -0.525. The van der Waals surface area contributed by atoms with Gasteiger partial charge in [-0.25, -0.2) is 15.1 Å². The minimum absolute atomic E-state index is 0.0405. The van der Waals surface area contributed by atoms with Crippen LogP contribution in [0, 0.1) is 33.3 Å². The van der Waals surface area contributed by atoms with Crippen molar-refractivity contribution < 1.29 is 28.7 Å². The average Bonchev–Trinajstić information content (AvgIpc) is 3.20. The summed E-state index contributed by atoms with van der Waals surface area (Å²) in [7, 11) is -0.625. The Balaban J connectivity index is 1.69. The fraction of sp³-hybridized carbons (Fsp3) is 0.840. The van der Waals surface area contributed by atoms with E-state index in [1.807, 2.05) is 13.8 Å². The highest BCUT2D eigenvalue weighted by Gasteiger charge is 2.68. The lowest BCUT2D eigenvalue weighted by Gasteiger charge is -2.64. The SMILES string of the molecule is CC(C)C[C@H](NC(=O)[C@H](CCCN=C(N)N[N+](=O)[O-])NC(=O)CCC(N)=O)B1O[C@@H]2C[C@@H]3C[C@@H](C3(C)C)[C@]2(C)O1. The Kier molecular flexibility index (Phi) is 10.0. The van der Waals surface area contributed by atoms with Crippen molar-refractivity contribution in [1.29, 1.82) is 0 Å². The van der Waals surface area contributed by atoms with E-state index in [0.29, 0.717) is 24.7 Å². The van der Waals surface area contributed by atoms with E-state index in [2.05, 4.69) is 36.4 Å². The molecule has 15 heteroatoms. The number of hydrazine groups is 1. The first kappa shape index (κ1) is 31.6. The second-order valence-corrected chi connectivity index (χ2v) is 12.4. The van der Waals surface area contributed by atoms with E-state index in [0.717, 1.165) is 12.8 Å². The van der Waals surface area contributed by atoms with Gasteiger partial charge in [0.15, 0.2) is 5.03 Å². The Morgan fingerprint density at radius 1 is 1.15 bits per heavy atom. The molecule has 3 amide bonds. The molecule has 3 aliphatic carbocycles. The van der Waals surface area contributed by atoms with Crippen molar-refractivity contribution in [2.45, 2.75) is 103 Å². The minimum Gasteiger partial charge on any atom is -0.404 e. The van der Waals surface area contributed by atoms with Gasteiger partial charge in [-0.1, -0.05) is 33.1 Å². The van der Waals surface area contributed by atoms with Gasteiger partial charge in [-0.15, -0.1) is 0 Å². The van der Waals surface area contributed by atoms with Crippen LogP contribution in [0.4, 0.5) is 0 Å². The highest BCUT2D eigenvalue weighted by atomic mass is 16.7. The number of nitrogens with one attached hydrogen (secondary N) is 3. The molecule has 1 saturated heterocycles. The Labute approximate surface area is 235 Å². The fourth-order valence-corrected chi connectivity index (χ4v) is 6.50. The van der Waals surface area contributed by atoms with E-state index in [9.17, 15) is 24.5 Å². The van der Waals surface area contributed by atoms with E-state index in [1.54, 1.807) is 5.43 Å². The molecule has 6 atom stereocenters. The zero-order valence-electron chi connectivity index (χ0n) is 24.1. The van der Waals surface area contributed by atoms with Crippen LogP contribution in [0.3, 0.4) is 0 Å². The van der Waals surface area contributed by atoms with Crippen molar-refractivity contribution in [2.75, 3.05) is 6.54 Å². The summed E-state index contributed by atoms with van der Waals surface area (Å²) in [6, 6.07) is -0.944. The summed E-state index contributed by atoms with van der Waals surface area (Å²) in [5.41, 5.74) is 12.1. The number of amides is 3. The van der Waals surface area contributed by atoms with Gasteiger partial charge in [0, 0.05) is 19.4 Å². The number of nitrogens with two attached hydrogens (primary N) is 2. The number of aliphatic imine (C=N–C) groups is 1. The van der Waals surface area contributed by atoms with Gasteiger partial charge in [-0.2, -0.15) is 0 Å². The van der Waals surface area contributed by atoms with Gasteiger partial charge in [-0.05, 0) is 62.2 Å². The van der Waals surface area contributed by atoms with E-state index >= 15 is 0 Å². The van der Waals surface area contributed by atoms with Crippen molar-refractivity contribution >= 4 is 30.8 Å². The zero-order chi connectivity index (χ0) is 29.8. The molecule has 7 N–H and O–H groups in total. The standard InChI is InChI=1S/C25H44BN7O7/c1-14(2)11-19(26-39-18-13-15-12-17(24(15,3)4)25(18,5)40-26)31-22(36)16(30-21(35)9-8-20(27)34)7-6-10-29-23(28)32-33(37)38/h14-19H,6-13H2,1-5H3,(H2,27,34)(H,30,35)(H,31,36)(H3,28,29,32)/t15-,16-,17-,18+,19-,25-/m0/s1. The second-order valence-electron chi connectivity index (χ2n) is 12.4. The molecule has 4 aliphatic rings. The summed E-state index contributed by atoms with van der Waals surface area (Å²) in [5, 5.41) is 15.4. The Morgan fingerprint density at radius 2 is 1.85 bits per heavy atom. The molecule has 3 saturated carbocycles. The number of hydrogen-bond acceptors (Lipinski definition) is 8. The van der Waals surface area contributed by atoms with Gasteiger partial charge in [0.25, 0.3) is 5.96 Å². The average molecular weight is 565 g/mol. The normalized spacial score (nSPS) is 28.2. The Morgan fingerprint density at radius 3 is 2.45 bits per heavy atom. The maximum absolute atomic E-state index is 13.5. The zero-order valence-corrected chi connectivity index (χ0v) is 24.1. The number of primary amides is 1. The van der Waals surface area contributed by atoms with E-state index < -0.39 is 47.5 Å². The monoisotopic (exact) mass is 565 g/mol. The maximum atomic E-state index is 13.5. The van der Waals surface area contributed by atoms with E-state index in [4.69, 9.17) is 20.8 Å². The molecule has 0 aromatic carbocycles. The predicted molar refractivity (Wildman–Crippen MR) is 148 cm³/mol. The van der Waals surface area contributed by atoms with Crippen LogP contribution in [0.2, 0.25) is 0 Å². The van der Waals surface area contributed by atoms with Gasteiger partial charge in [0.2, 0.25) is 17.7 Å². The van der Waals surface area contributed by atoms with Crippen molar-refractivity contribution in [3.8, 4) is 0 Å². The van der Waals surface area contributed by atoms with Crippen molar-refractivity contribution in [1.82, 2.24) is 16.1 Å². The number of hydrogen-bond donors (Lipinski definition) is 5. The number of nitro groups is 1. The molecule has 2 bridgehead atoms. The van der Waals surface area contributed by atoms with Crippen LogP contribution in [0.15, 0.2) is 4.99 Å². The maximum Gasteiger partial charge on any atom is 0.481 e. The van der Waals surface area contributed by atoms with Crippen molar-refractivity contribution in [2.24, 2.45) is 39.6 Å². The van der Waals surface area contributed by atoms with Gasteiger partial charge >= 0.3 is 7.12 Å². The van der Waals surface area contributed by atoms with Crippen LogP contribution in [0.1, 0.15) is 79.6 Å². The number of rotatable bonds is 14. The smallest absolute Gasteiger partial charge is 0.404 e. The topological polar surface area (TPSA) is 213 Å². The second kappa shape index (κ2) is 12.7. The van der Waals surface area contributed by atoms with Gasteiger partial charge in [0.1, 0.15) is 6.04 Å². The summed E-state index contributed by atoms with van der Waals surface area (Å²) in [4.78, 5) is 51.5. The molecule has 0 aromatic rings. The summed E-state index contributed by atoms with van der Waals surface area (Å²) >= 11 is 0. The molecule has 4 fully saturated rings. The molecule has 0 aromatic heterocycles. The fourth-order valence-electron chi connectivity index (χ4n) is 6.50. The Hall–Kier alpha value is -2.94. The molecule has 224 valence electrons. The van der Waals surface area contributed by atoms with Gasteiger partial charge in [0.05, 0.1) is 17.6 Å². The highest BCUT2D eigenvalue weighted by molar-refractivity contribution is 6.48. The molecule has 1 heterocycles. The third kappa shape index (κ3) is 7.42. The van der Waals surface area contributed by atoms with Crippen LogP contribution in [0.25, 0.3) is 0 Å². The third-order valence-electron chi connectivity index (χ3n) is 8.74.